The number of hydrogen-bond donors (Lipinski definition) is 0. The molecule has 0 amide bonds. The van der Waals surface area contributed by atoms with Gasteiger partial charge >= 0.3 is 0 Å². The summed E-state index contributed by atoms with van der Waals surface area (Å²) in [6.45, 7) is 4.31. The number of rotatable bonds is 4. The lowest BCUT2D eigenvalue weighted by molar-refractivity contribution is 0.937. The van der Waals surface area contributed by atoms with Crippen LogP contribution in [-0.4, -0.2) is 0 Å². The molecule has 0 spiro atoms. The van der Waals surface area contributed by atoms with Crippen molar-refractivity contribution in [3.8, 4) is 6.07 Å². The summed E-state index contributed by atoms with van der Waals surface area (Å²) in [6, 6.07) is 2.13. The third kappa shape index (κ3) is 4.14. The molecule has 0 aliphatic heterocycles. The highest BCUT2D eigenvalue weighted by Gasteiger charge is 1.87. The SMILES string of the molecule is CCC(=CCCC#N)CC. The van der Waals surface area contributed by atoms with Gasteiger partial charge in [0.15, 0.2) is 0 Å². The summed E-state index contributed by atoms with van der Waals surface area (Å²) in [6.07, 6.45) is 6.02. The van der Waals surface area contributed by atoms with Crippen molar-refractivity contribution in [1.29, 1.82) is 5.26 Å². The molecule has 0 aliphatic carbocycles. The quantitative estimate of drug-likeness (QED) is 0.431. The van der Waals surface area contributed by atoms with Crippen LogP contribution in [0.1, 0.15) is 39.5 Å². The lowest BCUT2D eigenvalue weighted by atomic mass is 10.1. The largest absolute Gasteiger partial charge is 0.198 e. The van der Waals surface area contributed by atoms with Crippen molar-refractivity contribution < 1.29 is 0 Å². The van der Waals surface area contributed by atoms with Crippen LogP contribution in [0.5, 0.6) is 0 Å². The molecule has 0 aliphatic rings. The van der Waals surface area contributed by atoms with Gasteiger partial charge in [0.2, 0.25) is 0 Å². The first-order chi connectivity index (χ1) is 4.85. The second kappa shape index (κ2) is 6.35. The van der Waals surface area contributed by atoms with E-state index in [1.807, 2.05) is 0 Å². The van der Waals surface area contributed by atoms with Gasteiger partial charge in [-0.15, -0.1) is 0 Å². The molecule has 0 aromatic carbocycles. The Balaban J connectivity index is 3.55. The van der Waals surface area contributed by atoms with E-state index in [0.717, 1.165) is 19.3 Å². The van der Waals surface area contributed by atoms with Crippen molar-refractivity contribution in [3.05, 3.63) is 11.6 Å². The van der Waals surface area contributed by atoms with E-state index in [-0.39, 0.29) is 0 Å². The summed E-state index contributed by atoms with van der Waals surface area (Å²) in [5.74, 6) is 0. The molecule has 0 aromatic heterocycles. The van der Waals surface area contributed by atoms with Gasteiger partial charge < -0.3 is 0 Å². The van der Waals surface area contributed by atoms with Gasteiger partial charge in [-0.2, -0.15) is 5.26 Å². The summed E-state index contributed by atoms with van der Waals surface area (Å²) in [5.41, 5.74) is 1.47. The number of allylic oxidation sites excluding steroid dienone is 2. The molecule has 1 heteroatoms. The Morgan fingerprint density at radius 3 is 2.40 bits per heavy atom. The van der Waals surface area contributed by atoms with Crippen LogP contribution in [-0.2, 0) is 0 Å². The van der Waals surface area contributed by atoms with Gasteiger partial charge in [-0.1, -0.05) is 25.5 Å². The zero-order valence-electron chi connectivity index (χ0n) is 6.85. The lowest BCUT2D eigenvalue weighted by Crippen LogP contribution is -1.77. The Kier molecular flexibility index (Phi) is 5.86. The molecule has 1 nitrogen and oxygen atoms in total. The average molecular weight is 137 g/mol. The van der Waals surface area contributed by atoms with Gasteiger partial charge in [0, 0.05) is 6.42 Å². The van der Waals surface area contributed by atoms with Crippen LogP contribution in [0.15, 0.2) is 11.6 Å². The highest BCUT2D eigenvalue weighted by atomic mass is 14.2. The topological polar surface area (TPSA) is 23.8 Å². The van der Waals surface area contributed by atoms with Crippen molar-refractivity contribution in [2.45, 2.75) is 39.5 Å². The van der Waals surface area contributed by atoms with Gasteiger partial charge in [0.25, 0.3) is 0 Å². The molecule has 0 bridgehead atoms. The van der Waals surface area contributed by atoms with Crippen LogP contribution >= 0.6 is 0 Å². The van der Waals surface area contributed by atoms with E-state index in [4.69, 9.17) is 5.26 Å². The van der Waals surface area contributed by atoms with Crippen LogP contribution in [0.2, 0.25) is 0 Å². The predicted octanol–water partition coefficient (Wildman–Crippen LogP) is 3.04. The number of nitriles is 1. The zero-order valence-corrected chi connectivity index (χ0v) is 6.85. The molecule has 10 heavy (non-hydrogen) atoms. The van der Waals surface area contributed by atoms with Crippen molar-refractivity contribution in [1.82, 2.24) is 0 Å². The van der Waals surface area contributed by atoms with Crippen LogP contribution in [0.25, 0.3) is 0 Å². The summed E-state index contributed by atoms with van der Waals surface area (Å²) >= 11 is 0. The van der Waals surface area contributed by atoms with Crippen molar-refractivity contribution in [2.75, 3.05) is 0 Å². The third-order valence-corrected chi connectivity index (χ3v) is 1.60. The Morgan fingerprint density at radius 2 is 2.00 bits per heavy atom. The van der Waals surface area contributed by atoms with E-state index in [0.29, 0.717) is 6.42 Å². The molecule has 0 radical (unpaired) electrons. The molecule has 0 unspecified atom stereocenters. The predicted molar refractivity (Wildman–Crippen MR) is 43.5 cm³/mol. The van der Waals surface area contributed by atoms with Crippen LogP contribution < -0.4 is 0 Å². The first-order valence-corrected chi connectivity index (χ1v) is 3.90. The molecule has 0 N–H and O–H groups in total. The molecule has 0 fully saturated rings. The van der Waals surface area contributed by atoms with E-state index >= 15 is 0 Å². The van der Waals surface area contributed by atoms with E-state index < -0.39 is 0 Å². The van der Waals surface area contributed by atoms with E-state index in [2.05, 4.69) is 26.0 Å². The minimum absolute atomic E-state index is 0.656. The minimum atomic E-state index is 0.656. The lowest BCUT2D eigenvalue weighted by Gasteiger charge is -1.96. The fourth-order valence-corrected chi connectivity index (χ4v) is 0.880. The number of nitrogens with zero attached hydrogens (tertiary/aromatic N) is 1. The fraction of sp³-hybridized carbons (Fsp3) is 0.667. The molecule has 0 heterocycles. The van der Waals surface area contributed by atoms with Gasteiger partial charge in [0.1, 0.15) is 0 Å². The van der Waals surface area contributed by atoms with Crippen molar-refractivity contribution in [3.63, 3.8) is 0 Å². The van der Waals surface area contributed by atoms with Crippen LogP contribution in [0, 0.1) is 11.3 Å². The standard InChI is InChI=1S/C9H15N/c1-3-9(4-2)7-5-6-8-10/h7H,3-6H2,1-2H3. The van der Waals surface area contributed by atoms with Gasteiger partial charge in [0.05, 0.1) is 6.07 Å². The summed E-state index contributed by atoms with van der Waals surface area (Å²) < 4.78 is 0. The molecule has 0 atom stereocenters. The van der Waals surface area contributed by atoms with E-state index in [1.165, 1.54) is 5.57 Å². The molecule has 0 aromatic rings. The molecule has 0 rings (SSSR count). The van der Waals surface area contributed by atoms with Crippen LogP contribution in [0.3, 0.4) is 0 Å². The molecule has 0 saturated heterocycles. The van der Waals surface area contributed by atoms with Crippen LogP contribution in [0.4, 0.5) is 0 Å². The first-order valence-electron chi connectivity index (χ1n) is 3.90. The maximum atomic E-state index is 8.25. The molecular formula is C9H15N. The Morgan fingerprint density at radius 1 is 1.40 bits per heavy atom. The van der Waals surface area contributed by atoms with Crippen molar-refractivity contribution >= 4 is 0 Å². The van der Waals surface area contributed by atoms with Gasteiger partial charge in [-0.3, -0.25) is 0 Å². The maximum absolute atomic E-state index is 8.25. The van der Waals surface area contributed by atoms with E-state index in [1.54, 1.807) is 0 Å². The minimum Gasteiger partial charge on any atom is -0.198 e. The highest BCUT2D eigenvalue weighted by molar-refractivity contribution is 5.00. The number of unbranched alkanes of at least 4 members (excludes halogenated alkanes) is 1. The average Bonchev–Trinajstić information content (AvgIpc) is 1.99. The van der Waals surface area contributed by atoms with Crippen molar-refractivity contribution in [2.24, 2.45) is 0 Å². The third-order valence-electron chi connectivity index (χ3n) is 1.60. The highest BCUT2D eigenvalue weighted by Crippen LogP contribution is 2.06. The number of hydrogen-bond acceptors (Lipinski definition) is 1. The molecule has 56 valence electrons. The molecular weight excluding hydrogens is 122 g/mol. The zero-order chi connectivity index (χ0) is 7.82. The second-order valence-corrected chi connectivity index (χ2v) is 2.27. The smallest absolute Gasteiger partial charge is 0.0625 e. The second-order valence-electron chi connectivity index (χ2n) is 2.27. The fourth-order valence-electron chi connectivity index (χ4n) is 0.880. The van der Waals surface area contributed by atoms with Gasteiger partial charge in [-0.25, -0.2) is 0 Å². The maximum Gasteiger partial charge on any atom is 0.0625 e. The normalized spacial score (nSPS) is 8.50. The molecule has 0 saturated carbocycles. The Hall–Kier alpha value is -0.770. The Labute approximate surface area is 63.4 Å². The monoisotopic (exact) mass is 137 g/mol. The summed E-state index contributed by atoms with van der Waals surface area (Å²) in [4.78, 5) is 0. The Bertz CT molecular complexity index is 133. The summed E-state index contributed by atoms with van der Waals surface area (Å²) in [7, 11) is 0. The first kappa shape index (κ1) is 9.23. The van der Waals surface area contributed by atoms with E-state index in [9.17, 15) is 0 Å². The summed E-state index contributed by atoms with van der Waals surface area (Å²) in [5, 5.41) is 8.25. The van der Waals surface area contributed by atoms with Gasteiger partial charge in [-0.05, 0) is 19.3 Å².